The summed E-state index contributed by atoms with van der Waals surface area (Å²) in [6.45, 7) is 0. The number of aliphatic carboxylic acids is 1. The molecule has 1 saturated carbocycles. The Balaban J connectivity index is 2.07. The van der Waals surface area contributed by atoms with E-state index in [-0.39, 0.29) is 23.4 Å². The molecule has 2 atom stereocenters. The standard InChI is InChI=1S/C8H10N2O5S/c1-16(13,14)3-6-9-7(15-10-6)4-2-5(4)8(11)12/h4-5H,2-3H2,1H3,(H,11,12). The summed E-state index contributed by atoms with van der Waals surface area (Å²) in [5.41, 5.74) is 0. The SMILES string of the molecule is CS(=O)(=O)Cc1noc(C2CC2C(=O)O)n1. The van der Waals surface area contributed by atoms with Crippen LogP contribution in [0.1, 0.15) is 24.1 Å². The Morgan fingerprint density at radius 3 is 2.81 bits per heavy atom. The van der Waals surface area contributed by atoms with Crippen molar-refractivity contribution < 1.29 is 22.8 Å². The molecule has 1 aliphatic rings. The van der Waals surface area contributed by atoms with Gasteiger partial charge in [-0.15, -0.1) is 0 Å². The van der Waals surface area contributed by atoms with E-state index >= 15 is 0 Å². The van der Waals surface area contributed by atoms with Crippen molar-refractivity contribution in [2.75, 3.05) is 6.26 Å². The number of carboxylic acids is 1. The molecule has 0 radical (unpaired) electrons. The Labute approximate surface area is 91.4 Å². The molecule has 0 aliphatic heterocycles. The number of hydrogen-bond donors (Lipinski definition) is 1. The fourth-order valence-corrected chi connectivity index (χ4v) is 2.04. The van der Waals surface area contributed by atoms with Gasteiger partial charge in [-0.05, 0) is 6.42 Å². The highest BCUT2D eigenvalue weighted by atomic mass is 32.2. The topological polar surface area (TPSA) is 110 Å². The Bertz CT molecular complexity index is 520. The molecular weight excluding hydrogens is 236 g/mol. The van der Waals surface area contributed by atoms with Crippen LogP contribution >= 0.6 is 0 Å². The third-order valence-electron chi connectivity index (χ3n) is 2.30. The van der Waals surface area contributed by atoms with Crippen LogP contribution in [0.2, 0.25) is 0 Å². The lowest BCUT2D eigenvalue weighted by atomic mass is 10.3. The van der Waals surface area contributed by atoms with Crippen molar-refractivity contribution in [2.24, 2.45) is 5.92 Å². The minimum atomic E-state index is -3.20. The summed E-state index contributed by atoms with van der Waals surface area (Å²) >= 11 is 0. The highest BCUT2D eigenvalue weighted by Gasteiger charge is 2.48. The second kappa shape index (κ2) is 3.55. The van der Waals surface area contributed by atoms with Crippen LogP contribution in [0.15, 0.2) is 4.52 Å². The number of hydrogen-bond acceptors (Lipinski definition) is 6. The van der Waals surface area contributed by atoms with Crippen LogP contribution in [0.5, 0.6) is 0 Å². The van der Waals surface area contributed by atoms with E-state index in [2.05, 4.69) is 10.1 Å². The summed E-state index contributed by atoms with van der Waals surface area (Å²) in [5, 5.41) is 12.2. The van der Waals surface area contributed by atoms with Gasteiger partial charge in [0, 0.05) is 6.26 Å². The van der Waals surface area contributed by atoms with E-state index < -0.39 is 21.7 Å². The predicted octanol–water partition coefficient (Wildman–Crippen LogP) is -0.198. The largest absolute Gasteiger partial charge is 0.481 e. The van der Waals surface area contributed by atoms with Gasteiger partial charge in [0.2, 0.25) is 5.89 Å². The minimum absolute atomic E-state index is 0.0774. The second-order valence-corrected chi connectivity index (χ2v) is 6.05. The van der Waals surface area contributed by atoms with Crippen LogP contribution in [0.4, 0.5) is 0 Å². The molecule has 1 fully saturated rings. The van der Waals surface area contributed by atoms with Crippen molar-refractivity contribution in [3.05, 3.63) is 11.7 Å². The van der Waals surface area contributed by atoms with Crippen LogP contribution in [0.3, 0.4) is 0 Å². The first-order chi connectivity index (χ1) is 7.37. The summed E-state index contributed by atoms with van der Waals surface area (Å²) in [4.78, 5) is 14.5. The van der Waals surface area contributed by atoms with Gasteiger partial charge < -0.3 is 9.63 Å². The van der Waals surface area contributed by atoms with E-state index in [4.69, 9.17) is 9.63 Å². The minimum Gasteiger partial charge on any atom is -0.481 e. The molecule has 8 heteroatoms. The molecule has 0 bridgehead atoms. The van der Waals surface area contributed by atoms with Crippen molar-refractivity contribution in [1.29, 1.82) is 0 Å². The van der Waals surface area contributed by atoms with Gasteiger partial charge in [0.05, 0.1) is 11.8 Å². The van der Waals surface area contributed by atoms with E-state index in [9.17, 15) is 13.2 Å². The smallest absolute Gasteiger partial charge is 0.307 e. The van der Waals surface area contributed by atoms with Crippen LogP contribution in [-0.2, 0) is 20.4 Å². The average Bonchev–Trinajstić information content (AvgIpc) is 2.80. The van der Waals surface area contributed by atoms with Gasteiger partial charge in [-0.1, -0.05) is 5.16 Å². The van der Waals surface area contributed by atoms with Crippen molar-refractivity contribution in [1.82, 2.24) is 10.1 Å². The van der Waals surface area contributed by atoms with Crippen LogP contribution in [0.25, 0.3) is 0 Å². The quantitative estimate of drug-likeness (QED) is 0.783. The van der Waals surface area contributed by atoms with Crippen molar-refractivity contribution in [3.8, 4) is 0 Å². The lowest BCUT2D eigenvalue weighted by Crippen LogP contribution is -2.02. The van der Waals surface area contributed by atoms with Crippen LogP contribution in [-0.4, -0.2) is 35.9 Å². The molecule has 1 aromatic rings. The molecule has 7 nitrogen and oxygen atoms in total. The Morgan fingerprint density at radius 2 is 2.31 bits per heavy atom. The fourth-order valence-electron chi connectivity index (χ4n) is 1.45. The van der Waals surface area contributed by atoms with Gasteiger partial charge in [-0.25, -0.2) is 8.42 Å². The van der Waals surface area contributed by atoms with Gasteiger partial charge in [0.1, 0.15) is 5.75 Å². The maximum Gasteiger partial charge on any atom is 0.307 e. The molecule has 88 valence electrons. The average molecular weight is 246 g/mol. The van der Waals surface area contributed by atoms with Gasteiger partial charge in [0.25, 0.3) is 0 Å². The van der Waals surface area contributed by atoms with E-state index in [1.54, 1.807) is 0 Å². The summed E-state index contributed by atoms with van der Waals surface area (Å²) in [7, 11) is -3.20. The van der Waals surface area contributed by atoms with Crippen molar-refractivity contribution in [3.63, 3.8) is 0 Å². The molecule has 0 spiro atoms. The number of carbonyl (C=O) groups is 1. The first-order valence-corrected chi connectivity index (χ1v) is 6.66. The van der Waals surface area contributed by atoms with E-state index in [0.29, 0.717) is 6.42 Å². The monoisotopic (exact) mass is 246 g/mol. The number of nitrogens with zero attached hydrogens (tertiary/aromatic N) is 2. The van der Waals surface area contributed by atoms with Crippen LogP contribution < -0.4 is 0 Å². The van der Waals surface area contributed by atoms with Crippen LogP contribution in [0, 0.1) is 5.92 Å². The van der Waals surface area contributed by atoms with E-state index in [0.717, 1.165) is 6.26 Å². The first-order valence-electron chi connectivity index (χ1n) is 4.60. The Kier molecular flexibility index (Phi) is 2.45. The van der Waals surface area contributed by atoms with E-state index in [1.165, 1.54) is 0 Å². The van der Waals surface area contributed by atoms with Gasteiger partial charge >= 0.3 is 5.97 Å². The molecule has 1 heterocycles. The number of aromatic nitrogens is 2. The number of rotatable bonds is 4. The van der Waals surface area contributed by atoms with E-state index in [1.807, 2.05) is 0 Å². The lowest BCUT2D eigenvalue weighted by Gasteiger charge is -1.89. The normalized spacial score (nSPS) is 24.3. The molecule has 1 aromatic heterocycles. The predicted molar refractivity (Wildman–Crippen MR) is 51.3 cm³/mol. The Morgan fingerprint density at radius 1 is 1.62 bits per heavy atom. The molecule has 0 aromatic carbocycles. The zero-order valence-corrected chi connectivity index (χ0v) is 9.27. The van der Waals surface area contributed by atoms with Gasteiger partial charge in [-0.2, -0.15) is 4.98 Å². The molecule has 1 N–H and O–H groups in total. The Hall–Kier alpha value is -1.44. The van der Waals surface area contributed by atoms with Gasteiger partial charge in [-0.3, -0.25) is 4.79 Å². The summed E-state index contributed by atoms with van der Waals surface area (Å²) < 4.78 is 26.7. The maximum atomic E-state index is 11.0. The lowest BCUT2D eigenvalue weighted by molar-refractivity contribution is -0.138. The number of sulfone groups is 1. The third-order valence-corrected chi connectivity index (χ3v) is 3.08. The molecule has 1 aliphatic carbocycles. The van der Waals surface area contributed by atoms with Gasteiger partial charge in [0.15, 0.2) is 15.7 Å². The molecule has 0 saturated heterocycles. The zero-order valence-electron chi connectivity index (χ0n) is 8.45. The number of carboxylic acid groups (broad SMARTS) is 1. The fraction of sp³-hybridized carbons (Fsp3) is 0.625. The highest BCUT2D eigenvalue weighted by Crippen LogP contribution is 2.46. The zero-order chi connectivity index (χ0) is 11.9. The van der Waals surface area contributed by atoms with Crippen molar-refractivity contribution in [2.45, 2.75) is 18.1 Å². The molecule has 0 amide bonds. The molecular formula is C8H10N2O5S. The summed E-state index contributed by atoms with van der Waals surface area (Å²) in [5.74, 6) is -1.64. The maximum absolute atomic E-state index is 11.0. The molecule has 16 heavy (non-hydrogen) atoms. The molecule has 2 unspecified atom stereocenters. The van der Waals surface area contributed by atoms with Crippen molar-refractivity contribution >= 4 is 15.8 Å². The summed E-state index contributed by atoms with van der Waals surface area (Å²) in [6.07, 6.45) is 1.54. The first kappa shape index (κ1) is 11.1. The molecule has 2 rings (SSSR count). The second-order valence-electron chi connectivity index (χ2n) is 3.91. The third kappa shape index (κ3) is 2.38. The highest BCUT2D eigenvalue weighted by molar-refractivity contribution is 7.89. The summed E-state index contributed by atoms with van der Waals surface area (Å²) in [6, 6.07) is 0.